The summed E-state index contributed by atoms with van der Waals surface area (Å²) in [6, 6.07) is 0. The Labute approximate surface area is 63.4 Å². The fourth-order valence-electron chi connectivity index (χ4n) is 1.02. The van der Waals surface area contributed by atoms with E-state index in [0.717, 1.165) is 0 Å². The first kappa shape index (κ1) is 8.37. The van der Waals surface area contributed by atoms with Crippen molar-refractivity contribution in [2.45, 2.75) is 19.0 Å². The van der Waals surface area contributed by atoms with Gasteiger partial charge in [0.25, 0.3) is 0 Å². The van der Waals surface area contributed by atoms with Gasteiger partial charge in [0.2, 0.25) is 0 Å². The van der Waals surface area contributed by atoms with Gasteiger partial charge < -0.3 is 0 Å². The molecule has 0 aromatic carbocycles. The van der Waals surface area contributed by atoms with Gasteiger partial charge >= 0.3 is 6.18 Å². The lowest BCUT2D eigenvalue weighted by Gasteiger charge is -2.14. The number of alkyl halides is 3. The average Bonchev–Trinajstić information content (AvgIpc) is 2.10. The van der Waals surface area contributed by atoms with E-state index in [1.54, 1.807) is 12.2 Å². The Morgan fingerprint density at radius 1 is 1.18 bits per heavy atom. The smallest absolute Gasteiger partial charge is 0.170 e. The van der Waals surface area contributed by atoms with Crippen LogP contribution in [0.15, 0.2) is 24.3 Å². The van der Waals surface area contributed by atoms with Crippen LogP contribution in [0.3, 0.4) is 0 Å². The van der Waals surface area contributed by atoms with Gasteiger partial charge in [0.15, 0.2) is 0 Å². The largest absolute Gasteiger partial charge is 0.395 e. The van der Waals surface area contributed by atoms with E-state index in [1.165, 1.54) is 12.2 Å². The summed E-state index contributed by atoms with van der Waals surface area (Å²) in [7, 11) is 0. The lowest BCUT2D eigenvalue weighted by atomic mass is 10.0. The first-order valence-electron chi connectivity index (χ1n) is 3.51. The Balaban J connectivity index is 2.61. The summed E-state index contributed by atoms with van der Waals surface area (Å²) >= 11 is 0. The lowest BCUT2D eigenvalue weighted by molar-refractivity contribution is -0.162. The molecule has 0 aromatic heterocycles. The van der Waals surface area contributed by atoms with Crippen LogP contribution < -0.4 is 0 Å². The molecule has 0 spiro atoms. The van der Waals surface area contributed by atoms with E-state index in [9.17, 15) is 13.2 Å². The van der Waals surface area contributed by atoms with Crippen LogP contribution in [0.1, 0.15) is 12.8 Å². The molecular formula is C8H9F3. The molecule has 0 amide bonds. The Bertz CT molecular complexity index is 176. The van der Waals surface area contributed by atoms with Crippen molar-refractivity contribution in [3.63, 3.8) is 0 Å². The van der Waals surface area contributed by atoms with E-state index < -0.39 is 12.1 Å². The zero-order valence-corrected chi connectivity index (χ0v) is 5.93. The van der Waals surface area contributed by atoms with Crippen LogP contribution in [-0.2, 0) is 0 Å². The summed E-state index contributed by atoms with van der Waals surface area (Å²) in [5.41, 5.74) is 0. The van der Waals surface area contributed by atoms with Gasteiger partial charge in [0.05, 0.1) is 5.92 Å². The van der Waals surface area contributed by atoms with Crippen LogP contribution >= 0.6 is 0 Å². The molecule has 0 radical (unpaired) electrons. The third-order valence-corrected chi connectivity index (χ3v) is 1.66. The Hall–Kier alpha value is -0.730. The molecule has 1 aliphatic rings. The molecule has 62 valence electrons. The van der Waals surface area contributed by atoms with Crippen LogP contribution in [0, 0.1) is 5.92 Å². The van der Waals surface area contributed by atoms with Gasteiger partial charge in [-0.05, 0) is 12.8 Å². The summed E-state index contributed by atoms with van der Waals surface area (Å²) in [6.45, 7) is 0. The van der Waals surface area contributed by atoms with Crippen molar-refractivity contribution in [2.75, 3.05) is 0 Å². The minimum Gasteiger partial charge on any atom is -0.170 e. The van der Waals surface area contributed by atoms with Crippen LogP contribution in [0.5, 0.6) is 0 Å². The fourth-order valence-corrected chi connectivity index (χ4v) is 1.02. The van der Waals surface area contributed by atoms with Crippen molar-refractivity contribution in [1.29, 1.82) is 0 Å². The van der Waals surface area contributed by atoms with Gasteiger partial charge in [-0.1, -0.05) is 24.3 Å². The molecular weight excluding hydrogens is 153 g/mol. The highest BCUT2D eigenvalue weighted by atomic mass is 19.4. The maximum absolute atomic E-state index is 12.0. The predicted molar refractivity (Wildman–Crippen MR) is 37.1 cm³/mol. The quantitative estimate of drug-likeness (QED) is 0.513. The molecule has 0 aromatic rings. The highest BCUT2D eigenvalue weighted by molar-refractivity contribution is 5.08. The molecule has 3 heteroatoms. The van der Waals surface area contributed by atoms with Crippen molar-refractivity contribution in [3.8, 4) is 0 Å². The molecule has 1 aliphatic carbocycles. The average molecular weight is 162 g/mol. The highest BCUT2D eigenvalue weighted by Crippen LogP contribution is 2.31. The summed E-state index contributed by atoms with van der Waals surface area (Å²) < 4.78 is 36.1. The predicted octanol–water partition coefficient (Wildman–Crippen LogP) is 3.07. The van der Waals surface area contributed by atoms with Gasteiger partial charge in [0, 0.05) is 0 Å². The van der Waals surface area contributed by atoms with E-state index in [0.29, 0.717) is 6.42 Å². The minimum atomic E-state index is -4.07. The van der Waals surface area contributed by atoms with E-state index >= 15 is 0 Å². The van der Waals surface area contributed by atoms with E-state index in [-0.39, 0.29) is 6.42 Å². The van der Waals surface area contributed by atoms with E-state index in [2.05, 4.69) is 0 Å². The third-order valence-electron chi connectivity index (χ3n) is 1.66. The Morgan fingerprint density at radius 2 is 1.91 bits per heavy atom. The minimum absolute atomic E-state index is 0.177. The molecule has 1 rings (SSSR count). The fraction of sp³-hybridized carbons (Fsp3) is 0.500. The lowest BCUT2D eigenvalue weighted by Crippen LogP contribution is -2.20. The molecule has 0 nitrogen and oxygen atoms in total. The standard InChI is InChI=1S/C8H9F3/c9-8(10,11)7-5-3-1-2-4-6-7/h1-3,5,7H,4,6H2. The first-order chi connectivity index (χ1) is 5.11. The SMILES string of the molecule is FC(F)(F)C1C=CC=CCC1. The van der Waals surface area contributed by atoms with Crippen molar-refractivity contribution in [2.24, 2.45) is 5.92 Å². The molecule has 0 fully saturated rings. The second-order valence-corrected chi connectivity index (χ2v) is 2.54. The summed E-state index contributed by atoms with van der Waals surface area (Å²) in [4.78, 5) is 0. The molecule has 1 atom stereocenters. The van der Waals surface area contributed by atoms with Gasteiger partial charge in [-0.3, -0.25) is 0 Å². The maximum atomic E-state index is 12.0. The summed E-state index contributed by atoms with van der Waals surface area (Å²) in [5, 5.41) is 0. The van der Waals surface area contributed by atoms with Crippen molar-refractivity contribution in [1.82, 2.24) is 0 Å². The summed E-state index contributed by atoms with van der Waals surface area (Å²) in [6.07, 6.45) is 2.71. The topological polar surface area (TPSA) is 0 Å². The maximum Gasteiger partial charge on any atom is 0.395 e. The van der Waals surface area contributed by atoms with Crippen molar-refractivity contribution in [3.05, 3.63) is 24.3 Å². The molecule has 0 N–H and O–H groups in total. The third kappa shape index (κ3) is 2.41. The number of hydrogen-bond donors (Lipinski definition) is 0. The molecule has 0 heterocycles. The molecule has 0 bridgehead atoms. The van der Waals surface area contributed by atoms with E-state index in [1.807, 2.05) is 0 Å². The van der Waals surface area contributed by atoms with E-state index in [4.69, 9.17) is 0 Å². The van der Waals surface area contributed by atoms with Gasteiger partial charge in [-0.25, -0.2) is 0 Å². The zero-order valence-electron chi connectivity index (χ0n) is 5.93. The van der Waals surface area contributed by atoms with Crippen LogP contribution in [0.2, 0.25) is 0 Å². The monoisotopic (exact) mass is 162 g/mol. The molecule has 0 saturated carbocycles. The van der Waals surface area contributed by atoms with Gasteiger partial charge in [-0.2, -0.15) is 13.2 Å². The first-order valence-corrected chi connectivity index (χ1v) is 3.51. The second kappa shape index (κ2) is 3.11. The normalized spacial score (nSPS) is 25.2. The molecule has 0 aliphatic heterocycles. The van der Waals surface area contributed by atoms with Crippen LogP contribution in [0.4, 0.5) is 13.2 Å². The zero-order chi connectivity index (χ0) is 8.32. The van der Waals surface area contributed by atoms with Gasteiger partial charge in [-0.15, -0.1) is 0 Å². The highest BCUT2D eigenvalue weighted by Gasteiger charge is 2.36. The molecule has 0 saturated heterocycles. The van der Waals surface area contributed by atoms with Gasteiger partial charge in [0.1, 0.15) is 0 Å². The molecule has 11 heavy (non-hydrogen) atoms. The Kier molecular flexibility index (Phi) is 2.37. The second-order valence-electron chi connectivity index (χ2n) is 2.54. The van der Waals surface area contributed by atoms with Crippen molar-refractivity contribution < 1.29 is 13.2 Å². The number of allylic oxidation sites excluding steroid dienone is 4. The number of hydrogen-bond acceptors (Lipinski definition) is 0. The van der Waals surface area contributed by atoms with Crippen LogP contribution in [-0.4, -0.2) is 6.18 Å². The number of halogens is 3. The van der Waals surface area contributed by atoms with Crippen molar-refractivity contribution >= 4 is 0 Å². The molecule has 1 unspecified atom stereocenters. The van der Waals surface area contributed by atoms with Crippen LogP contribution in [0.25, 0.3) is 0 Å². The Morgan fingerprint density at radius 3 is 2.55 bits per heavy atom. The summed E-state index contributed by atoms with van der Waals surface area (Å²) in [5.74, 6) is -1.25. The number of rotatable bonds is 0.